The highest BCUT2D eigenvalue weighted by atomic mass is 35.5. The quantitative estimate of drug-likeness (QED) is 0.776. The number of nitrogens with one attached hydrogen (secondary N) is 2. The van der Waals surface area contributed by atoms with Gasteiger partial charge in [-0.3, -0.25) is 4.79 Å². The molecule has 0 aliphatic carbocycles. The molecule has 1 aliphatic rings. The van der Waals surface area contributed by atoms with Crippen LogP contribution in [0.15, 0.2) is 28.8 Å². The van der Waals surface area contributed by atoms with Crippen molar-refractivity contribution < 1.29 is 17.7 Å². The van der Waals surface area contributed by atoms with Gasteiger partial charge in [-0.15, -0.1) is 0 Å². The van der Waals surface area contributed by atoms with E-state index in [0.717, 1.165) is 6.26 Å². The van der Waals surface area contributed by atoms with Gasteiger partial charge in [-0.1, -0.05) is 28.9 Å². The third kappa shape index (κ3) is 3.74. The number of sulfone groups is 1. The fraction of sp³-hybridized carbons (Fsp3) is 0.438. The predicted molar refractivity (Wildman–Crippen MR) is 96.3 cm³/mol. The molecule has 2 heterocycles. The molecule has 10 heteroatoms. The van der Waals surface area contributed by atoms with Crippen molar-refractivity contribution in [1.82, 2.24) is 20.8 Å². The van der Waals surface area contributed by atoms with Gasteiger partial charge in [0.2, 0.25) is 17.6 Å². The average Bonchev–Trinajstić information content (AvgIpc) is 3.08. The monoisotopic (exact) mass is 398 g/mol. The second kappa shape index (κ2) is 7.34. The largest absolute Gasteiger partial charge is 0.346 e. The highest BCUT2D eigenvalue weighted by Gasteiger charge is 2.48. The van der Waals surface area contributed by atoms with Crippen molar-refractivity contribution in [2.75, 3.05) is 19.3 Å². The van der Waals surface area contributed by atoms with Crippen molar-refractivity contribution in [2.45, 2.75) is 24.1 Å². The van der Waals surface area contributed by atoms with Crippen molar-refractivity contribution in [2.24, 2.45) is 0 Å². The Kier molecular flexibility index (Phi) is 5.31. The van der Waals surface area contributed by atoms with Crippen molar-refractivity contribution in [3.8, 4) is 11.4 Å². The van der Waals surface area contributed by atoms with Crippen molar-refractivity contribution in [1.29, 1.82) is 0 Å². The summed E-state index contributed by atoms with van der Waals surface area (Å²) in [5.41, 5.74) is 0.685. The predicted octanol–water partition coefficient (Wildman–Crippen LogP) is 1.17. The summed E-state index contributed by atoms with van der Waals surface area (Å²) < 4.78 is 28.2. The third-order valence-electron chi connectivity index (χ3n) is 4.49. The first kappa shape index (κ1) is 18.8. The number of hydrogen-bond acceptors (Lipinski definition) is 7. The molecule has 3 rings (SSSR count). The van der Waals surface area contributed by atoms with Gasteiger partial charge in [0.15, 0.2) is 14.6 Å². The minimum absolute atomic E-state index is 0.0445. The SMILES string of the molecule is CS(=O)(=O)C1(C(=O)NCc2nc(-c3cccc(Cl)c3)no2)CCNCC1. The molecule has 0 bridgehead atoms. The highest BCUT2D eigenvalue weighted by molar-refractivity contribution is 7.92. The van der Waals surface area contributed by atoms with E-state index in [2.05, 4.69) is 20.8 Å². The van der Waals surface area contributed by atoms with Crippen LogP contribution in [0.5, 0.6) is 0 Å². The number of piperidine rings is 1. The molecule has 1 saturated heterocycles. The number of aromatic nitrogens is 2. The first-order valence-corrected chi connectivity index (χ1v) is 10.4. The summed E-state index contributed by atoms with van der Waals surface area (Å²) in [6.07, 6.45) is 1.56. The fourth-order valence-corrected chi connectivity index (χ4v) is 4.53. The van der Waals surface area contributed by atoms with E-state index in [0.29, 0.717) is 29.5 Å². The molecule has 1 aromatic heterocycles. The van der Waals surface area contributed by atoms with E-state index in [4.69, 9.17) is 16.1 Å². The van der Waals surface area contributed by atoms with Crippen LogP contribution < -0.4 is 10.6 Å². The topological polar surface area (TPSA) is 114 Å². The Morgan fingerprint density at radius 1 is 1.38 bits per heavy atom. The fourth-order valence-electron chi connectivity index (χ4n) is 2.99. The van der Waals surface area contributed by atoms with Crippen LogP contribution in [0, 0.1) is 0 Å². The van der Waals surface area contributed by atoms with E-state index >= 15 is 0 Å². The van der Waals surface area contributed by atoms with Crippen LogP contribution in [0.2, 0.25) is 5.02 Å². The van der Waals surface area contributed by atoms with Crippen molar-refractivity contribution >= 4 is 27.3 Å². The smallest absolute Gasteiger partial charge is 0.246 e. The number of rotatable bonds is 5. The lowest BCUT2D eigenvalue weighted by atomic mass is 9.96. The van der Waals surface area contributed by atoms with Crippen molar-refractivity contribution in [3.63, 3.8) is 0 Å². The summed E-state index contributed by atoms with van der Waals surface area (Å²) in [6.45, 7) is 0.900. The zero-order chi connectivity index (χ0) is 18.8. The molecule has 0 unspecified atom stereocenters. The maximum atomic E-state index is 12.6. The first-order valence-electron chi connectivity index (χ1n) is 8.09. The molecule has 2 N–H and O–H groups in total. The Hall–Kier alpha value is -1.97. The van der Waals surface area contributed by atoms with Gasteiger partial charge in [0.25, 0.3) is 0 Å². The van der Waals surface area contributed by atoms with Gasteiger partial charge in [-0.2, -0.15) is 4.98 Å². The molecule has 1 amide bonds. The number of carbonyl (C=O) groups excluding carboxylic acids is 1. The van der Waals surface area contributed by atoms with Gasteiger partial charge >= 0.3 is 0 Å². The van der Waals surface area contributed by atoms with Gasteiger partial charge in [0.05, 0.1) is 6.54 Å². The summed E-state index contributed by atoms with van der Waals surface area (Å²) in [4.78, 5) is 16.8. The zero-order valence-electron chi connectivity index (χ0n) is 14.2. The molecule has 0 spiro atoms. The van der Waals surface area contributed by atoms with Crippen LogP contribution in [0.3, 0.4) is 0 Å². The Morgan fingerprint density at radius 2 is 2.12 bits per heavy atom. The van der Waals surface area contributed by atoms with Gasteiger partial charge < -0.3 is 15.2 Å². The minimum atomic E-state index is -3.57. The molecule has 0 atom stereocenters. The van der Waals surface area contributed by atoms with Crippen LogP contribution in [0.4, 0.5) is 0 Å². The molecule has 1 fully saturated rings. The van der Waals surface area contributed by atoms with E-state index in [9.17, 15) is 13.2 Å². The summed E-state index contributed by atoms with van der Waals surface area (Å²) in [6, 6.07) is 6.98. The number of carbonyl (C=O) groups is 1. The molecule has 2 aromatic rings. The molecule has 26 heavy (non-hydrogen) atoms. The number of hydrogen-bond donors (Lipinski definition) is 2. The Morgan fingerprint density at radius 3 is 2.77 bits per heavy atom. The first-order chi connectivity index (χ1) is 12.3. The molecule has 140 valence electrons. The summed E-state index contributed by atoms with van der Waals surface area (Å²) in [7, 11) is -3.57. The van der Waals surface area contributed by atoms with Crippen LogP contribution in [0.25, 0.3) is 11.4 Å². The van der Waals surface area contributed by atoms with Crippen LogP contribution in [-0.4, -0.2) is 48.6 Å². The molecule has 1 aliphatic heterocycles. The van der Waals surface area contributed by atoms with Gasteiger partial charge in [0, 0.05) is 16.8 Å². The molecule has 0 radical (unpaired) electrons. The number of nitrogens with zero attached hydrogens (tertiary/aromatic N) is 2. The second-order valence-corrected chi connectivity index (χ2v) is 8.98. The van der Waals surface area contributed by atoms with E-state index in [1.807, 2.05) is 0 Å². The molecule has 0 saturated carbocycles. The standard InChI is InChI=1S/C16H19ClN4O4S/c1-26(23,24)16(5-7-18-8-6-16)15(22)19-10-13-20-14(21-25-13)11-3-2-4-12(17)9-11/h2-4,9,18H,5-8,10H2,1H3,(H,19,22). The summed E-state index contributed by atoms with van der Waals surface area (Å²) in [5.74, 6) is -0.00800. The Bertz CT molecular complexity index is 906. The highest BCUT2D eigenvalue weighted by Crippen LogP contribution is 2.28. The third-order valence-corrected chi connectivity index (χ3v) is 6.73. The molecule has 8 nitrogen and oxygen atoms in total. The normalized spacial score (nSPS) is 17.0. The lowest BCUT2D eigenvalue weighted by Gasteiger charge is -2.34. The average molecular weight is 399 g/mol. The lowest BCUT2D eigenvalue weighted by Crippen LogP contribution is -2.57. The van der Waals surface area contributed by atoms with Gasteiger partial charge in [0.1, 0.15) is 0 Å². The lowest BCUT2D eigenvalue weighted by molar-refractivity contribution is -0.124. The van der Waals surface area contributed by atoms with Crippen LogP contribution >= 0.6 is 11.6 Å². The Labute approximate surface area is 156 Å². The summed E-state index contributed by atoms with van der Waals surface area (Å²) in [5, 5.41) is 10.1. The van der Waals surface area contributed by atoms with Crippen LogP contribution in [0.1, 0.15) is 18.7 Å². The number of benzene rings is 1. The minimum Gasteiger partial charge on any atom is -0.346 e. The number of halogens is 1. The second-order valence-electron chi connectivity index (χ2n) is 6.22. The van der Waals surface area contributed by atoms with E-state index in [1.165, 1.54) is 0 Å². The molecular formula is C16H19ClN4O4S. The number of amides is 1. The maximum absolute atomic E-state index is 12.6. The Balaban J connectivity index is 1.71. The van der Waals surface area contributed by atoms with Crippen molar-refractivity contribution in [3.05, 3.63) is 35.2 Å². The zero-order valence-corrected chi connectivity index (χ0v) is 15.7. The van der Waals surface area contributed by atoms with E-state index < -0.39 is 20.5 Å². The molecular weight excluding hydrogens is 380 g/mol. The van der Waals surface area contributed by atoms with Crippen LogP contribution in [-0.2, 0) is 21.2 Å². The summed E-state index contributed by atoms with van der Waals surface area (Å²) >= 11 is 5.94. The molecule has 1 aromatic carbocycles. The van der Waals surface area contributed by atoms with Gasteiger partial charge in [-0.25, -0.2) is 8.42 Å². The van der Waals surface area contributed by atoms with E-state index in [1.54, 1.807) is 24.3 Å². The van der Waals surface area contributed by atoms with E-state index in [-0.39, 0.29) is 25.3 Å². The van der Waals surface area contributed by atoms with Gasteiger partial charge in [-0.05, 0) is 38.1 Å². The maximum Gasteiger partial charge on any atom is 0.246 e.